The number of nitrogens with one attached hydrogen (secondary N) is 1. The van der Waals surface area contributed by atoms with Gasteiger partial charge in [-0.3, -0.25) is 4.79 Å². The van der Waals surface area contributed by atoms with Crippen LogP contribution in [0, 0.1) is 6.92 Å². The fourth-order valence-corrected chi connectivity index (χ4v) is 4.03. The van der Waals surface area contributed by atoms with Gasteiger partial charge in [-0.05, 0) is 51.5 Å². The molecule has 2 aromatic carbocycles. The molecule has 4 heteroatoms. The zero-order valence-electron chi connectivity index (χ0n) is 15.2. The Bertz CT molecular complexity index is 758. The van der Waals surface area contributed by atoms with Crippen LogP contribution >= 0.6 is 11.8 Å². The minimum absolute atomic E-state index is 0.0225. The van der Waals surface area contributed by atoms with Crippen molar-refractivity contribution in [1.29, 1.82) is 0 Å². The fourth-order valence-electron chi connectivity index (χ4n) is 3.13. The lowest BCUT2D eigenvalue weighted by molar-refractivity contribution is -0.121. The van der Waals surface area contributed by atoms with Gasteiger partial charge in [0, 0.05) is 16.9 Å². The summed E-state index contributed by atoms with van der Waals surface area (Å²) in [4.78, 5) is 13.8. The molecule has 1 aliphatic heterocycles. The Hall–Kier alpha value is -1.94. The molecule has 0 bridgehead atoms. The van der Waals surface area contributed by atoms with Crippen molar-refractivity contribution in [3.8, 4) is 5.75 Å². The Morgan fingerprint density at radius 3 is 2.68 bits per heavy atom. The van der Waals surface area contributed by atoms with E-state index in [0.717, 1.165) is 28.2 Å². The van der Waals surface area contributed by atoms with E-state index in [2.05, 4.69) is 44.3 Å². The van der Waals surface area contributed by atoms with E-state index in [4.69, 9.17) is 4.74 Å². The zero-order chi connectivity index (χ0) is 18.0. The topological polar surface area (TPSA) is 38.3 Å². The average molecular weight is 356 g/mol. The molecule has 2 atom stereocenters. The summed E-state index contributed by atoms with van der Waals surface area (Å²) in [5, 5.41) is 3.08. The summed E-state index contributed by atoms with van der Waals surface area (Å²) in [5.74, 6) is 0.938. The Kier molecular flexibility index (Phi) is 5.09. The average Bonchev–Trinajstić information content (AvgIpc) is 2.54. The molecule has 1 N–H and O–H groups in total. The van der Waals surface area contributed by atoms with Gasteiger partial charge in [0.15, 0.2) is 0 Å². The molecule has 0 saturated heterocycles. The molecule has 3 rings (SSSR count). The van der Waals surface area contributed by atoms with Gasteiger partial charge in [-0.15, -0.1) is 11.8 Å². The second-order valence-electron chi connectivity index (χ2n) is 7.24. The molecule has 0 aliphatic carbocycles. The molecule has 0 spiro atoms. The van der Waals surface area contributed by atoms with Crippen LogP contribution in [0.2, 0.25) is 0 Å². The van der Waals surface area contributed by atoms with Gasteiger partial charge < -0.3 is 10.1 Å². The Morgan fingerprint density at radius 2 is 1.96 bits per heavy atom. The van der Waals surface area contributed by atoms with Crippen LogP contribution < -0.4 is 10.1 Å². The molecule has 1 heterocycles. The third-order valence-electron chi connectivity index (χ3n) is 4.37. The van der Waals surface area contributed by atoms with Crippen LogP contribution in [0.5, 0.6) is 5.75 Å². The summed E-state index contributed by atoms with van der Waals surface area (Å²) in [6.45, 7) is 8.14. The highest BCUT2D eigenvalue weighted by Crippen LogP contribution is 2.40. The smallest absolute Gasteiger partial charge is 0.233 e. The summed E-state index contributed by atoms with van der Waals surface area (Å²) < 4.78 is 6.11. The quantitative estimate of drug-likeness (QED) is 0.793. The summed E-state index contributed by atoms with van der Waals surface area (Å²) in [5.41, 5.74) is 1.93. The van der Waals surface area contributed by atoms with Crippen molar-refractivity contribution in [3.63, 3.8) is 0 Å². The maximum atomic E-state index is 12.7. The second-order valence-corrected chi connectivity index (χ2v) is 8.66. The van der Waals surface area contributed by atoms with E-state index in [1.165, 1.54) is 0 Å². The largest absolute Gasteiger partial charge is 0.487 e. The number of benzene rings is 2. The van der Waals surface area contributed by atoms with Crippen molar-refractivity contribution >= 4 is 17.7 Å². The van der Waals surface area contributed by atoms with Crippen molar-refractivity contribution in [1.82, 2.24) is 5.32 Å². The fraction of sp³-hybridized carbons (Fsp3) is 0.381. The lowest BCUT2D eigenvalue weighted by Crippen LogP contribution is -2.43. The van der Waals surface area contributed by atoms with Crippen LogP contribution in [-0.4, -0.2) is 16.8 Å². The molecule has 132 valence electrons. The number of rotatable bonds is 4. The minimum Gasteiger partial charge on any atom is -0.487 e. The van der Waals surface area contributed by atoms with Gasteiger partial charge in [0.05, 0.1) is 11.3 Å². The number of amides is 1. The van der Waals surface area contributed by atoms with Gasteiger partial charge in [0.2, 0.25) is 5.91 Å². The Morgan fingerprint density at radius 1 is 1.24 bits per heavy atom. The third-order valence-corrected chi connectivity index (χ3v) is 5.48. The molecule has 1 amide bonds. The van der Waals surface area contributed by atoms with Gasteiger partial charge in [0.1, 0.15) is 11.4 Å². The first kappa shape index (κ1) is 17.9. The number of carbonyl (C=O) groups is 1. The Balaban J connectivity index is 1.74. The van der Waals surface area contributed by atoms with E-state index in [0.29, 0.717) is 0 Å². The first-order valence-electron chi connectivity index (χ1n) is 8.66. The standard InChI is InChI=1S/C21H25NO2S/c1-14-10-11-17-18(13-21(3,4)24-19(17)12-14)22-20(23)15(2)25-16-8-6-5-7-9-16/h5-12,15,18H,13H2,1-4H3,(H,22,23)/t15-,18-/m0/s1. The van der Waals surface area contributed by atoms with E-state index < -0.39 is 0 Å². The maximum Gasteiger partial charge on any atom is 0.233 e. The lowest BCUT2D eigenvalue weighted by atomic mass is 9.89. The van der Waals surface area contributed by atoms with Crippen molar-refractivity contribution in [2.75, 3.05) is 0 Å². The molecule has 1 aliphatic rings. The molecule has 3 nitrogen and oxygen atoms in total. The van der Waals surface area contributed by atoms with Crippen LogP contribution in [0.1, 0.15) is 44.4 Å². The van der Waals surface area contributed by atoms with E-state index in [1.54, 1.807) is 11.8 Å². The van der Waals surface area contributed by atoms with Crippen molar-refractivity contribution in [2.24, 2.45) is 0 Å². The van der Waals surface area contributed by atoms with Crippen LogP contribution in [0.4, 0.5) is 0 Å². The molecule has 25 heavy (non-hydrogen) atoms. The summed E-state index contributed by atoms with van der Waals surface area (Å²) >= 11 is 1.58. The number of hydrogen-bond acceptors (Lipinski definition) is 3. The third kappa shape index (κ3) is 4.37. The monoisotopic (exact) mass is 355 g/mol. The SMILES string of the molecule is Cc1ccc2c(c1)OC(C)(C)C[C@@H]2NC(=O)[C@H](C)Sc1ccccc1. The first-order chi connectivity index (χ1) is 11.8. The van der Waals surface area contributed by atoms with Crippen molar-refractivity contribution in [3.05, 3.63) is 59.7 Å². The molecule has 2 aromatic rings. The number of ether oxygens (including phenoxy) is 1. The van der Waals surface area contributed by atoms with E-state index >= 15 is 0 Å². The number of thioether (sulfide) groups is 1. The minimum atomic E-state index is -0.297. The number of carbonyl (C=O) groups excluding carboxylic acids is 1. The van der Waals surface area contributed by atoms with Gasteiger partial charge in [-0.1, -0.05) is 30.3 Å². The molecule has 0 radical (unpaired) electrons. The summed E-state index contributed by atoms with van der Waals surface area (Å²) in [6, 6.07) is 16.2. The molecule has 0 saturated carbocycles. The summed E-state index contributed by atoms with van der Waals surface area (Å²) in [7, 11) is 0. The zero-order valence-corrected chi connectivity index (χ0v) is 16.0. The van der Waals surface area contributed by atoms with Crippen LogP contribution in [0.15, 0.2) is 53.4 Å². The van der Waals surface area contributed by atoms with Gasteiger partial charge >= 0.3 is 0 Å². The molecule has 0 fully saturated rings. The van der Waals surface area contributed by atoms with Gasteiger partial charge in [-0.25, -0.2) is 0 Å². The Labute approximate surface area is 154 Å². The highest BCUT2D eigenvalue weighted by Gasteiger charge is 2.35. The van der Waals surface area contributed by atoms with E-state index in [-0.39, 0.29) is 22.8 Å². The van der Waals surface area contributed by atoms with Crippen LogP contribution in [0.3, 0.4) is 0 Å². The molecule has 0 aromatic heterocycles. The van der Waals surface area contributed by atoms with Crippen LogP contribution in [-0.2, 0) is 4.79 Å². The van der Waals surface area contributed by atoms with E-state index in [9.17, 15) is 4.79 Å². The predicted molar refractivity (Wildman–Crippen MR) is 103 cm³/mol. The van der Waals surface area contributed by atoms with E-state index in [1.807, 2.05) is 37.3 Å². The van der Waals surface area contributed by atoms with Crippen molar-refractivity contribution in [2.45, 2.75) is 55.9 Å². The second kappa shape index (κ2) is 7.12. The molecular formula is C21H25NO2S. The van der Waals surface area contributed by atoms with Gasteiger partial charge in [0.25, 0.3) is 0 Å². The summed E-state index contributed by atoms with van der Waals surface area (Å²) in [6.07, 6.45) is 0.761. The number of hydrogen-bond donors (Lipinski definition) is 1. The normalized spacial score (nSPS) is 19.4. The maximum absolute atomic E-state index is 12.7. The number of aryl methyl sites for hydroxylation is 1. The number of fused-ring (bicyclic) bond motifs is 1. The first-order valence-corrected chi connectivity index (χ1v) is 9.54. The molecular weight excluding hydrogens is 330 g/mol. The highest BCUT2D eigenvalue weighted by molar-refractivity contribution is 8.00. The predicted octanol–water partition coefficient (Wildman–Crippen LogP) is 4.89. The van der Waals surface area contributed by atoms with Crippen molar-refractivity contribution < 1.29 is 9.53 Å². The lowest BCUT2D eigenvalue weighted by Gasteiger charge is -2.38. The van der Waals surface area contributed by atoms with Gasteiger partial charge in [-0.2, -0.15) is 0 Å². The van der Waals surface area contributed by atoms with Crippen LogP contribution in [0.25, 0.3) is 0 Å². The molecule has 0 unspecified atom stereocenters. The highest BCUT2D eigenvalue weighted by atomic mass is 32.2.